The summed E-state index contributed by atoms with van der Waals surface area (Å²) in [5.41, 5.74) is 11.0. The predicted molar refractivity (Wildman–Crippen MR) is 71.5 cm³/mol. The second-order valence-corrected chi connectivity index (χ2v) is 7.16. The second-order valence-electron chi connectivity index (χ2n) is 5.49. The number of carbonyl (C=O) groups excluding carboxylic acids is 1. The van der Waals surface area contributed by atoms with Gasteiger partial charge in [0.2, 0.25) is 5.91 Å². The van der Waals surface area contributed by atoms with Gasteiger partial charge < -0.3 is 21.3 Å². The zero-order valence-corrected chi connectivity index (χ0v) is 11.6. The molecule has 1 saturated heterocycles. The molecule has 6 nitrogen and oxygen atoms in total. The first kappa shape index (κ1) is 14.0. The quantitative estimate of drug-likeness (QED) is 0.424. The third kappa shape index (κ3) is 3.32. The Bertz CT molecular complexity index is 352. The van der Waals surface area contributed by atoms with E-state index in [9.17, 15) is 9.36 Å². The molecule has 4 atom stereocenters. The lowest BCUT2D eigenvalue weighted by Crippen LogP contribution is -2.57. The molecule has 0 aromatic rings. The molecule has 1 saturated carbocycles. The van der Waals surface area contributed by atoms with Crippen molar-refractivity contribution >= 4 is 13.9 Å². The highest BCUT2D eigenvalue weighted by molar-refractivity contribution is 7.44. The average Bonchev–Trinajstić information content (AvgIpc) is 2.28. The third-order valence-electron chi connectivity index (χ3n) is 3.80. The van der Waals surface area contributed by atoms with E-state index in [1.165, 1.54) is 0 Å². The fourth-order valence-electron chi connectivity index (χ4n) is 2.82. The van der Waals surface area contributed by atoms with Gasteiger partial charge in [-0.1, -0.05) is 0 Å². The summed E-state index contributed by atoms with van der Waals surface area (Å²) < 4.78 is 12.3. The van der Waals surface area contributed by atoms with Crippen molar-refractivity contribution in [3.8, 4) is 0 Å². The molecule has 7 heteroatoms. The van der Waals surface area contributed by atoms with Crippen molar-refractivity contribution in [2.75, 3.05) is 6.54 Å². The minimum Gasteiger partial charge on any atom is -0.355 e. The van der Waals surface area contributed by atoms with Crippen LogP contribution in [0.5, 0.6) is 0 Å². The maximum atomic E-state index is 12.3. The highest BCUT2D eigenvalue weighted by Crippen LogP contribution is 2.35. The van der Waals surface area contributed by atoms with E-state index in [-0.39, 0.29) is 11.9 Å². The van der Waals surface area contributed by atoms with Crippen LogP contribution < -0.4 is 21.9 Å². The molecule has 1 aliphatic carbocycles. The van der Waals surface area contributed by atoms with Crippen molar-refractivity contribution in [3.05, 3.63) is 0 Å². The molecule has 0 spiro atoms. The molecule has 6 N–H and O–H groups in total. The van der Waals surface area contributed by atoms with Crippen LogP contribution in [0.25, 0.3) is 0 Å². The van der Waals surface area contributed by atoms with Crippen LogP contribution in [0.4, 0.5) is 0 Å². The minimum absolute atomic E-state index is 0.0613. The molecule has 1 aliphatic heterocycles. The minimum atomic E-state index is -2.21. The van der Waals surface area contributed by atoms with E-state index in [4.69, 9.17) is 11.5 Å². The maximum Gasteiger partial charge on any atom is 0.231 e. The summed E-state index contributed by atoms with van der Waals surface area (Å²) in [6.07, 6.45) is 4.86. The summed E-state index contributed by atoms with van der Waals surface area (Å²) in [5.74, 6) is -0.110. The smallest absolute Gasteiger partial charge is 0.231 e. The molecule has 104 valence electrons. The van der Waals surface area contributed by atoms with Gasteiger partial charge in [0, 0.05) is 12.6 Å². The van der Waals surface area contributed by atoms with Crippen LogP contribution in [-0.2, 0) is 9.36 Å². The topological polar surface area (TPSA) is 110 Å². The van der Waals surface area contributed by atoms with Crippen LogP contribution >= 0.6 is 7.95 Å². The fourth-order valence-corrected chi connectivity index (χ4v) is 4.52. The summed E-state index contributed by atoms with van der Waals surface area (Å²) in [6.45, 7) is 0.684. The van der Waals surface area contributed by atoms with Crippen LogP contribution in [0.1, 0.15) is 38.5 Å². The summed E-state index contributed by atoms with van der Waals surface area (Å²) >= 11 is 0. The Balaban J connectivity index is 1.95. The molecule has 2 fully saturated rings. The maximum absolute atomic E-state index is 12.3. The van der Waals surface area contributed by atoms with Crippen molar-refractivity contribution in [1.82, 2.24) is 10.4 Å². The molecule has 0 aromatic carbocycles. The molecule has 2 aliphatic rings. The Labute approximate surface area is 108 Å². The Morgan fingerprint density at radius 2 is 2.17 bits per heavy atom. The van der Waals surface area contributed by atoms with Gasteiger partial charge in [0.05, 0.1) is 5.66 Å². The van der Waals surface area contributed by atoms with E-state index in [1.807, 2.05) is 0 Å². The van der Waals surface area contributed by atoms with Crippen molar-refractivity contribution in [2.24, 2.45) is 11.5 Å². The van der Waals surface area contributed by atoms with Gasteiger partial charge >= 0.3 is 0 Å². The molecule has 3 unspecified atom stereocenters. The van der Waals surface area contributed by atoms with Gasteiger partial charge in [-0.3, -0.25) is 4.79 Å². The first-order valence-corrected chi connectivity index (χ1v) is 8.13. The number of nitrogens with two attached hydrogens (primary N) is 2. The normalized spacial score (nSPS) is 39.1. The van der Waals surface area contributed by atoms with E-state index in [2.05, 4.69) is 10.4 Å². The van der Waals surface area contributed by atoms with Gasteiger partial charge in [0.15, 0.2) is 0 Å². The molecule has 1 heterocycles. The van der Waals surface area contributed by atoms with Crippen LogP contribution in [0.2, 0.25) is 0 Å². The predicted octanol–water partition coefficient (Wildman–Crippen LogP) is -0.114. The van der Waals surface area contributed by atoms with E-state index >= 15 is 0 Å². The van der Waals surface area contributed by atoms with E-state index < -0.39 is 19.3 Å². The van der Waals surface area contributed by atoms with Gasteiger partial charge in [-0.15, -0.1) is 0 Å². The number of amides is 1. The highest BCUT2D eigenvalue weighted by Gasteiger charge is 2.36. The van der Waals surface area contributed by atoms with Gasteiger partial charge in [0.1, 0.15) is 13.6 Å². The van der Waals surface area contributed by atoms with E-state index in [0.717, 1.165) is 25.7 Å². The van der Waals surface area contributed by atoms with Crippen LogP contribution in [-0.4, -0.2) is 29.8 Å². The molecular formula is C11H23N4O2P. The van der Waals surface area contributed by atoms with E-state index in [1.54, 1.807) is 0 Å². The van der Waals surface area contributed by atoms with Gasteiger partial charge in [-0.05, 0) is 38.5 Å². The lowest BCUT2D eigenvalue weighted by Gasteiger charge is -2.38. The number of nitrogens with one attached hydrogen (secondary N) is 2. The first-order chi connectivity index (χ1) is 8.50. The molecule has 18 heavy (non-hydrogen) atoms. The van der Waals surface area contributed by atoms with Crippen LogP contribution in [0.3, 0.4) is 0 Å². The monoisotopic (exact) mass is 274 g/mol. The number of rotatable bonds is 3. The zero-order valence-electron chi connectivity index (χ0n) is 10.6. The molecule has 1 amide bonds. The molecule has 0 aromatic heterocycles. The van der Waals surface area contributed by atoms with E-state index in [0.29, 0.717) is 19.4 Å². The standard InChI is InChI=1S/C11H23N4O2P/c12-8-3-1-5-11(13,7-8)15-18(17)9-4-2-6-14-10(9)16/h8-9,18H,1-7,12-13H2,(H,14,16)(H,15,17)/t8?,9-,11?/m0/s1. The Hall–Kier alpha value is -0.420. The average molecular weight is 274 g/mol. The van der Waals surface area contributed by atoms with Gasteiger partial charge in [-0.2, -0.15) is 0 Å². The Kier molecular flexibility index (Phi) is 4.43. The lowest BCUT2D eigenvalue weighted by atomic mass is 9.87. The molecule has 0 bridgehead atoms. The number of carbonyl (C=O) groups is 1. The third-order valence-corrected chi connectivity index (χ3v) is 5.73. The largest absolute Gasteiger partial charge is 0.355 e. The molecule has 2 rings (SSSR count). The lowest BCUT2D eigenvalue weighted by molar-refractivity contribution is -0.121. The molecular weight excluding hydrogens is 251 g/mol. The Morgan fingerprint density at radius 1 is 1.39 bits per heavy atom. The van der Waals surface area contributed by atoms with Gasteiger partial charge in [-0.25, -0.2) is 5.09 Å². The van der Waals surface area contributed by atoms with Crippen LogP contribution in [0.15, 0.2) is 0 Å². The van der Waals surface area contributed by atoms with Crippen molar-refractivity contribution in [3.63, 3.8) is 0 Å². The SMILES string of the molecule is NC1CCCC(N)(N[PH](=O)[C@H]2CCCNC2=O)C1. The summed E-state index contributed by atoms with van der Waals surface area (Å²) in [5, 5.41) is 5.76. The van der Waals surface area contributed by atoms with Crippen LogP contribution in [0, 0.1) is 0 Å². The van der Waals surface area contributed by atoms with Gasteiger partial charge in [0.25, 0.3) is 0 Å². The number of piperidine rings is 1. The van der Waals surface area contributed by atoms with Crippen molar-refractivity contribution < 1.29 is 9.36 Å². The summed E-state index contributed by atoms with van der Waals surface area (Å²) in [7, 11) is -2.21. The summed E-state index contributed by atoms with van der Waals surface area (Å²) in [4.78, 5) is 11.7. The number of hydrogen-bond donors (Lipinski definition) is 4. The van der Waals surface area contributed by atoms with Crippen molar-refractivity contribution in [2.45, 2.75) is 55.9 Å². The first-order valence-electron chi connectivity index (χ1n) is 6.64. The Morgan fingerprint density at radius 3 is 2.83 bits per heavy atom. The zero-order chi connectivity index (χ0) is 13.2. The highest BCUT2D eigenvalue weighted by atomic mass is 31.1. The second kappa shape index (κ2) is 5.70. The summed E-state index contributed by atoms with van der Waals surface area (Å²) in [6, 6.07) is 0.0613. The van der Waals surface area contributed by atoms with Crippen molar-refractivity contribution in [1.29, 1.82) is 0 Å². The number of hydrogen-bond acceptors (Lipinski definition) is 4. The molecule has 0 radical (unpaired) electrons. The fraction of sp³-hybridized carbons (Fsp3) is 0.909.